The van der Waals surface area contributed by atoms with Gasteiger partial charge in [-0.2, -0.15) is 0 Å². The molecule has 0 heterocycles. The molecule has 0 saturated heterocycles. The number of rotatable bonds is 5. The zero-order valence-electron chi connectivity index (χ0n) is 7.20. The van der Waals surface area contributed by atoms with Crippen LogP contribution in [0.1, 0.15) is 33.1 Å². The molecule has 3 atom stereocenters. The van der Waals surface area contributed by atoms with E-state index in [4.69, 9.17) is 10.2 Å². The van der Waals surface area contributed by atoms with Gasteiger partial charge < -0.3 is 15.3 Å². The first-order valence-corrected chi connectivity index (χ1v) is 4.10. The van der Waals surface area contributed by atoms with E-state index in [1.807, 2.05) is 6.92 Å². The van der Waals surface area contributed by atoms with Crippen LogP contribution >= 0.6 is 0 Å². The molecule has 0 aromatic carbocycles. The second-order valence-corrected chi connectivity index (χ2v) is 3.04. The Labute approximate surface area is 67.7 Å². The van der Waals surface area contributed by atoms with E-state index in [1.54, 1.807) is 6.92 Å². The summed E-state index contributed by atoms with van der Waals surface area (Å²) in [4.78, 5) is 0. The second-order valence-electron chi connectivity index (χ2n) is 3.04. The van der Waals surface area contributed by atoms with Crippen LogP contribution in [0.25, 0.3) is 0 Å². The molecule has 0 amide bonds. The van der Waals surface area contributed by atoms with Gasteiger partial charge in [0.05, 0.1) is 18.3 Å². The van der Waals surface area contributed by atoms with Gasteiger partial charge in [-0.05, 0) is 26.2 Å². The van der Waals surface area contributed by atoms with E-state index in [0.29, 0.717) is 19.3 Å². The predicted octanol–water partition coefficient (Wildman–Crippen LogP) is 0.279. The largest absolute Gasteiger partial charge is 0.393 e. The summed E-state index contributed by atoms with van der Waals surface area (Å²) in [7, 11) is 0. The maximum Gasteiger partial charge on any atom is 0.0589 e. The summed E-state index contributed by atoms with van der Waals surface area (Å²) < 4.78 is 0. The summed E-state index contributed by atoms with van der Waals surface area (Å²) in [6, 6.07) is 0. The van der Waals surface area contributed by atoms with E-state index < -0.39 is 18.3 Å². The lowest BCUT2D eigenvalue weighted by Crippen LogP contribution is -2.20. The van der Waals surface area contributed by atoms with Crippen molar-refractivity contribution in [2.24, 2.45) is 0 Å². The standard InChI is InChI=1S/C8H18O3/c1-3-7(10)5-8(11)4-6(2)9/h6-11H,3-5H2,1-2H3. The molecule has 68 valence electrons. The minimum absolute atomic E-state index is 0.344. The first-order valence-electron chi connectivity index (χ1n) is 4.10. The van der Waals surface area contributed by atoms with Crippen LogP contribution in [0.5, 0.6) is 0 Å². The average molecular weight is 162 g/mol. The highest BCUT2D eigenvalue weighted by molar-refractivity contribution is 4.64. The molecule has 0 aliphatic heterocycles. The van der Waals surface area contributed by atoms with Crippen molar-refractivity contribution in [1.82, 2.24) is 0 Å². The van der Waals surface area contributed by atoms with Crippen molar-refractivity contribution < 1.29 is 15.3 Å². The summed E-state index contributed by atoms with van der Waals surface area (Å²) in [5.41, 5.74) is 0. The SMILES string of the molecule is CCC(O)CC(O)CC(C)O. The van der Waals surface area contributed by atoms with Crippen molar-refractivity contribution in [1.29, 1.82) is 0 Å². The topological polar surface area (TPSA) is 60.7 Å². The third-order valence-corrected chi connectivity index (χ3v) is 1.63. The smallest absolute Gasteiger partial charge is 0.0589 e. The van der Waals surface area contributed by atoms with Crippen molar-refractivity contribution in [2.45, 2.75) is 51.4 Å². The molecule has 0 saturated carbocycles. The predicted molar refractivity (Wildman–Crippen MR) is 43.2 cm³/mol. The van der Waals surface area contributed by atoms with E-state index in [2.05, 4.69) is 0 Å². The van der Waals surface area contributed by atoms with E-state index in [9.17, 15) is 5.11 Å². The number of hydrogen-bond donors (Lipinski definition) is 3. The Morgan fingerprint density at radius 1 is 1.00 bits per heavy atom. The van der Waals surface area contributed by atoms with Gasteiger partial charge in [0.25, 0.3) is 0 Å². The Bertz CT molecular complexity index is 93.3. The van der Waals surface area contributed by atoms with Gasteiger partial charge in [-0.3, -0.25) is 0 Å². The first kappa shape index (κ1) is 10.9. The summed E-state index contributed by atoms with van der Waals surface area (Å²) in [6.07, 6.45) is -0.155. The number of hydrogen-bond acceptors (Lipinski definition) is 3. The van der Waals surface area contributed by atoms with Gasteiger partial charge >= 0.3 is 0 Å². The van der Waals surface area contributed by atoms with Crippen LogP contribution in [0.4, 0.5) is 0 Å². The third kappa shape index (κ3) is 6.28. The normalized spacial score (nSPS) is 19.4. The zero-order chi connectivity index (χ0) is 8.85. The Morgan fingerprint density at radius 3 is 1.91 bits per heavy atom. The maximum atomic E-state index is 9.20. The van der Waals surface area contributed by atoms with Crippen LogP contribution in [-0.4, -0.2) is 33.6 Å². The van der Waals surface area contributed by atoms with Crippen LogP contribution in [0, 0.1) is 0 Å². The summed E-state index contributed by atoms with van der Waals surface area (Å²) in [5.74, 6) is 0. The van der Waals surface area contributed by atoms with Gasteiger partial charge in [-0.25, -0.2) is 0 Å². The first-order chi connectivity index (χ1) is 5.06. The second kappa shape index (κ2) is 5.52. The minimum atomic E-state index is -0.579. The fourth-order valence-electron chi connectivity index (χ4n) is 0.971. The Hall–Kier alpha value is -0.120. The van der Waals surface area contributed by atoms with Crippen LogP contribution < -0.4 is 0 Å². The molecule has 0 spiro atoms. The van der Waals surface area contributed by atoms with Crippen molar-refractivity contribution in [3.05, 3.63) is 0 Å². The van der Waals surface area contributed by atoms with Gasteiger partial charge in [0.15, 0.2) is 0 Å². The molecule has 0 aromatic rings. The van der Waals surface area contributed by atoms with Crippen LogP contribution in [0.2, 0.25) is 0 Å². The molecule has 0 aliphatic carbocycles. The van der Waals surface area contributed by atoms with Crippen molar-refractivity contribution in [2.75, 3.05) is 0 Å². The molecule has 3 heteroatoms. The highest BCUT2D eigenvalue weighted by Crippen LogP contribution is 2.07. The molecule has 0 rings (SSSR count). The molecule has 3 nitrogen and oxygen atoms in total. The molecule has 3 unspecified atom stereocenters. The summed E-state index contributed by atoms with van der Waals surface area (Å²) in [5, 5.41) is 27.2. The molecule has 3 N–H and O–H groups in total. The van der Waals surface area contributed by atoms with Gasteiger partial charge in [-0.1, -0.05) is 6.92 Å². The van der Waals surface area contributed by atoms with Crippen LogP contribution in [0.15, 0.2) is 0 Å². The van der Waals surface area contributed by atoms with Crippen molar-refractivity contribution >= 4 is 0 Å². The molecule has 0 bridgehead atoms. The van der Waals surface area contributed by atoms with Crippen molar-refractivity contribution in [3.8, 4) is 0 Å². The van der Waals surface area contributed by atoms with Gasteiger partial charge in [0.1, 0.15) is 0 Å². The van der Waals surface area contributed by atoms with Gasteiger partial charge in [0, 0.05) is 0 Å². The lowest BCUT2D eigenvalue weighted by molar-refractivity contribution is 0.0439. The van der Waals surface area contributed by atoms with E-state index in [0.717, 1.165) is 0 Å². The lowest BCUT2D eigenvalue weighted by atomic mass is 10.1. The Kier molecular flexibility index (Phi) is 5.46. The molecule has 0 aromatic heterocycles. The highest BCUT2D eigenvalue weighted by atomic mass is 16.3. The zero-order valence-corrected chi connectivity index (χ0v) is 7.20. The molecular formula is C8H18O3. The minimum Gasteiger partial charge on any atom is -0.393 e. The number of aliphatic hydroxyl groups excluding tert-OH is 3. The summed E-state index contributed by atoms with van der Waals surface area (Å²) in [6.45, 7) is 3.49. The molecular weight excluding hydrogens is 144 g/mol. The van der Waals surface area contributed by atoms with E-state index >= 15 is 0 Å². The van der Waals surface area contributed by atoms with Crippen molar-refractivity contribution in [3.63, 3.8) is 0 Å². The monoisotopic (exact) mass is 162 g/mol. The molecule has 11 heavy (non-hydrogen) atoms. The van der Waals surface area contributed by atoms with E-state index in [-0.39, 0.29) is 0 Å². The van der Waals surface area contributed by atoms with Crippen LogP contribution in [-0.2, 0) is 0 Å². The third-order valence-electron chi connectivity index (χ3n) is 1.63. The van der Waals surface area contributed by atoms with Gasteiger partial charge in [0.2, 0.25) is 0 Å². The fraction of sp³-hybridized carbons (Fsp3) is 1.00. The quantitative estimate of drug-likeness (QED) is 0.544. The van der Waals surface area contributed by atoms with Crippen LogP contribution in [0.3, 0.4) is 0 Å². The Morgan fingerprint density at radius 2 is 1.55 bits per heavy atom. The molecule has 0 fully saturated rings. The average Bonchev–Trinajstić information content (AvgIpc) is 1.85. The maximum absolute atomic E-state index is 9.20. The molecule has 0 aliphatic rings. The molecule has 0 radical (unpaired) electrons. The Balaban J connectivity index is 3.43. The summed E-state index contributed by atoms with van der Waals surface area (Å²) >= 11 is 0. The van der Waals surface area contributed by atoms with E-state index in [1.165, 1.54) is 0 Å². The van der Waals surface area contributed by atoms with Gasteiger partial charge in [-0.15, -0.1) is 0 Å². The highest BCUT2D eigenvalue weighted by Gasteiger charge is 2.11. The lowest BCUT2D eigenvalue weighted by Gasteiger charge is -2.15. The number of aliphatic hydroxyl groups is 3. The fourth-order valence-corrected chi connectivity index (χ4v) is 0.971.